The predicted octanol–water partition coefficient (Wildman–Crippen LogP) is 0.115. The third-order valence-corrected chi connectivity index (χ3v) is 7.91. The number of aromatic amines is 2. The summed E-state index contributed by atoms with van der Waals surface area (Å²) < 4.78 is 28.7. The molecule has 0 bridgehead atoms. The van der Waals surface area contributed by atoms with Gasteiger partial charge in [0, 0.05) is 23.4 Å². The summed E-state index contributed by atoms with van der Waals surface area (Å²) >= 11 is 0. The molecule has 3 heterocycles. The van der Waals surface area contributed by atoms with E-state index in [1.807, 2.05) is 13.0 Å². The summed E-state index contributed by atoms with van der Waals surface area (Å²) in [6, 6.07) is 2.29. The molecule has 13 heteroatoms. The maximum atomic E-state index is 12.1. The smallest absolute Gasteiger partial charge is 0.326 e. The number of sulfonamides is 1. The van der Waals surface area contributed by atoms with Crippen molar-refractivity contribution in [2.75, 3.05) is 11.1 Å². The molecule has 0 atom stereocenters. The number of anilines is 1. The minimum Gasteiger partial charge on any atom is -0.493 e. The monoisotopic (exact) mass is 502 g/mol. The van der Waals surface area contributed by atoms with Crippen LogP contribution < -0.4 is 26.4 Å². The molecule has 0 amide bonds. The number of nitrogens with one attached hydrogen (secondary N) is 4. The van der Waals surface area contributed by atoms with E-state index in [-0.39, 0.29) is 35.5 Å². The van der Waals surface area contributed by atoms with Crippen LogP contribution >= 0.6 is 0 Å². The van der Waals surface area contributed by atoms with Gasteiger partial charge in [0.2, 0.25) is 15.9 Å². The van der Waals surface area contributed by atoms with Gasteiger partial charge >= 0.3 is 5.69 Å². The van der Waals surface area contributed by atoms with Crippen LogP contribution in [-0.4, -0.2) is 62.0 Å². The van der Waals surface area contributed by atoms with Crippen molar-refractivity contribution < 1.29 is 13.5 Å². The van der Waals surface area contributed by atoms with Crippen LogP contribution in [0.3, 0.4) is 0 Å². The molecule has 188 valence electrons. The van der Waals surface area contributed by atoms with Gasteiger partial charge in [-0.3, -0.25) is 9.98 Å². The molecule has 35 heavy (non-hydrogen) atoms. The van der Waals surface area contributed by atoms with Gasteiger partial charge in [0.25, 0.3) is 0 Å². The second-order valence-electron chi connectivity index (χ2n) is 9.31. The Balaban J connectivity index is 1.40. The van der Waals surface area contributed by atoms with Crippen LogP contribution in [0.2, 0.25) is 0 Å². The Labute approximate surface area is 201 Å². The third kappa shape index (κ3) is 5.56. The van der Waals surface area contributed by atoms with E-state index >= 15 is 0 Å². The minimum atomic E-state index is -3.22. The SMILES string of the molecule is CCCS(=O)(=O)NC1CCC(Nc2cc(=NC3CC3)n3nc/c(=C\c4[nH]c(=O)[nH]c4O)c3n2)CC1. The summed E-state index contributed by atoms with van der Waals surface area (Å²) in [7, 11) is -3.22. The number of fused-ring (bicyclic) bond motifs is 1. The maximum absolute atomic E-state index is 12.1. The number of nitrogens with zero attached hydrogens (tertiary/aromatic N) is 4. The number of H-pyrrole nitrogens is 2. The Morgan fingerprint density at radius 1 is 1.20 bits per heavy atom. The van der Waals surface area contributed by atoms with Gasteiger partial charge < -0.3 is 15.4 Å². The fraction of sp³-hybridized carbons (Fsp3) is 0.545. The lowest BCUT2D eigenvalue weighted by Crippen LogP contribution is -2.41. The number of hydrogen-bond acceptors (Lipinski definition) is 8. The molecule has 12 nitrogen and oxygen atoms in total. The Hall–Kier alpha value is -3.19. The molecule has 5 N–H and O–H groups in total. The summed E-state index contributed by atoms with van der Waals surface area (Å²) in [4.78, 5) is 25.9. The molecule has 2 fully saturated rings. The zero-order valence-corrected chi connectivity index (χ0v) is 20.3. The molecular weight excluding hydrogens is 472 g/mol. The van der Waals surface area contributed by atoms with E-state index in [4.69, 9.17) is 9.98 Å². The van der Waals surface area contributed by atoms with E-state index in [1.165, 1.54) is 0 Å². The first-order valence-electron chi connectivity index (χ1n) is 12.0. The summed E-state index contributed by atoms with van der Waals surface area (Å²) in [6.45, 7) is 1.86. The molecule has 0 aliphatic heterocycles. The van der Waals surface area contributed by atoms with E-state index in [9.17, 15) is 18.3 Å². The fourth-order valence-corrected chi connectivity index (χ4v) is 5.82. The highest BCUT2D eigenvalue weighted by Gasteiger charge is 2.25. The van der Waals surface area contributed by atoms with Crippen LogP contribution in [0.5, 0.6) is 5.88 Å². The normalized spacial score (nSPS) is 22.2. The molecule has 5 rings (SSSR count). The molecule has 2 aliphatic rings. The van der Waals surface area contributed by atoms with Gasteiger partial charge in [0.1, 0.15) is 11.5 Å². The number of hydrogen-bond donors (Lipinski definition) is 5. The molecule has 2 saturated carbocycles. The van der Waals surface area contributed by atoms with Gasteiger partial charge in [-0.2, -0.15) is 9.61 Å². The van der Waals surface area contributed by atoms with Crippen molar-refractivity contribution in [1.29, 1.82) is 0 Å². The number of imidazole rings is 1. The van der Waals surface area contributed by atoms with Crippen molar-refractivity contribution in [1.82, 2.24) is 29.3 Å². The van der Waals surface area contributed by atoms with Gasteiger partial charge in [-0.05, 0) is 51.0 Å². The Bertz CT molecular complexity index is 1490. The van der Waals surface area contributed by atoms with E-state index in [0.717, 1.165) is 38.5 Å². The van der Waals surface area contributed by atoms with Crippen LogP contribution in [-0.2, 0) is 10.0 Å². The molecule has 2 aliphatic carbocycles. The standard InChI is InChI=1S/C22H30N8O4S/c1-2-9-35(33,34)29-16-7-5-14(6-8-16)24-18-11-19(25-15-3-4-15)30-20(27-18)13(12-23-30)10-17-21(31)28-22(32)26-17/h10-12,14-16,24,29,31H,2-9H2,1H3,(H2,26,28,32)/b13-10+,25-19?. The van der Waals surface area contributed by atoms with Crippen LogP contribution in [0, 0.1) is 0 Å². The van der Waals surface area contributed by atoms with Crippen molar-refractivity contribution in [3.05, 3.63) is 39.1 Å². The summed E-state index contributed by atoms with van der Waals surface area (Å²) in [5, 5.41) is 18.5. The highest BCUT2D eigenvalue weighted by Crippen LogP contribution is 2.24. The largest absolute Gasteiger partial charge is 0.493 e. The lowest BCUT2D eigenvalue weighted by Gasteiger charge is -2.29. The Kier molecular flexibility index (Phi) is 6.36. The number of rotatable bonds is 8. The van der Waals surface area contributed by atoms with Crippen LogP contribution in [0.1, 0.15) is 57.6 Å². The molecule has 0 unspecified atom stereocenters. The van der Waals surface area contributed by atoms with Crippen LogP contribution in [0.25, 0.3) is 11.7 Å². The van der Waals surface area contributed by atoms with Crippen molar-refractivity contribution in [2.24, 2.45) is 4.99 Å². The molecule has 0 aromatic carbocycles. The summed E-state index contributed by atoms with van der Waals surface area (Å²) in [5.74, 6) is 0.563. The average molecular weight is 503 g/mol. The van der Waals surface area contributed by atoms with Gasteiger partial charge in [-0.15, -0.1) is 0 Å². The van der Waals surface area contributed by atoms with E-state index < -0.39 is 15.7 Å². The quantitative estimate of drug-likeness (QED) is 0.291. The average Bonchev–Trinajstić information content (AvgIpc) is 3.43. The van der Waals surface area contributed by atoms with E-state index in [0.29, 0.717) is 28.6 Å². The first-order chi connectivity index (χ1) is 16.8. The van der Waals surface area contributed by atoms with Gasteiger partial charge in [0.15, 0.2) is 11.1 Å². The van der Waals surface area contributed by atoms with E-state index in [1.54, 1.807) is 16.8 Å². The lowest BCUT2D eigenvalue weighted by molar-refractivity contribution is 0.387. The minimum absolute atomic E-state index is 0.0346. The lowest BCUT2D eigenvalue weighted by atomic mass is 9.92. The van der Waals surface area contributed by atoms with Gasteiger partial charge in [-0.1, -0.05) is 6.92 Å². The summed E-state index contributed by atoms with van der Waals surface area (Å²) in [5.41, 5.74) is 0.983. The molecule has 0 spiro atoms. The summed E-state index contributed by atoms with van der Waals surface area (Å²) in [6.07, 6.45) is 9.07. The van der Waals surface area contributed by atoms with Crippen LogP contribution in [0.4, 0.5) is 5.82 Å². The predicted molar refractivity (Wildman–Crippen MR) is 130 cm³/mol. The van der Waals surface area contributed by atoms with Crippen molar-refractivity contribution in [2.45, 2.75) is 70.0 Å². The first-order valence-corrected chi connectivity index (χ1v) is 13.7. The highest BCUT2D eigenvalue weighted by atomic mass is 32.2. The third-order valence-electron chi connectivity index (χ3n) is 6.28. The molecule has 0 saturated heterocycles. The topological polar surface area (TPSA) is 170 Å². The highest BCUT2D eigenvalue weighted by molar-refractivity contribution is 7.89. The van der Waals surface area contributed by atoms with Crippen LogP contribution in [0.15, 0.2) is 22.1 Å². The fourth-order valence-electron chi connectivity index (χ4n) is 4.42. The van der Waals surface area contributed by atoms with E-state index in [2.05, 4.69) is 25.1 Å². The number of aromatic nitrogens is 5. The molecule has 3 aromatic rings. The second kappa shape index (κ2) is 9.46. The molecule has 3 aromatic heterocycles. The van der Waals surface area contributed by atoms with Gasteiger partial charge in [-0.25, -0.2) is 22.9 Å². The molecule has 0 radical (unpaired) electrons. The molecular formula is C22H30N8O4S. The Morgan fingerprint density at radius 3 is 2.60 bits per heavy atom. The second-order valence-corrected chi connectivity index (χ2v) is 11.2. The van der Waals surface area contributed by atoms with Crippen molar-refractivity contribution in [3.8, 4) is 5.88 Å². The Morgan fingerprint density at radius 2 is 1.94 bits per heavy atom. The zero-order valence-electron chi connectivity index (χ0n) is 19.5. The zero-order chi connectivity index (χ0) is 24.6. The first kappa shape index (κ1) is 23.5. The number of aromatic hydroxyl groups is 1. The van der Waals surface area contributed by atoms with Crippen molar-refractivity contribution >= 4 is 27.6 Å². The van der Waals surface area contributed by atoms with Gasteiger partial charge in [0.05, 0.1) is 18.0 Å². The van der Waals surface area contributed by atoms with Crippen molar-refractivity contribution in [3.63, 3.8) is 0 Å². The maximum Gasteiger partial charge on any atom is 0.326 e.